The average Bonchev–Trinajstić information content (AvgIpc) is 2.78. The van der Waals surface area contributed by atoms with Crippen LogP contribution in [0.1, 0.15) is 6.42 Å². The fourth-order valence-electron chi connectivity index (χ4n) is 1.19. The van der Waals surface area contributed by atoms with Gasteiger partial charge in [0.15, 0.2) is 0 Å². The van der Waals surface area contributed by atoms with Gasteiger partial charge in [-0.3, -0.25) is 0 Å². The van der Waals surface area contributed by atoms with Gasteiger partial charge in [-0.25, -0.2) is 0 Å². The molecule has 2 aromatic rings. The minimum absolute atomic E-state index is 0.437. The molecule has 1 aromatic heterocycles. The van der Waals surface area contributed by atoms with Crippen LogP contribution >= 0.6 is 23.4 Å². The van der Waals surface area contributed by atoms with E-state index >= 15 is 0 Å². The van der Waals surface area contributed by atoms with Crippen LogP contribution in [0.25, 0.3) is 11.5 Å². The Morgan fingerprint density at radius 1 is 1.41 bits per heavy atom. The highest BCUT2D eigenvalue weighted by Gasteiger charge is 2.08. The SMILES string of the molecule is N#CCCSc1nnc(-c2cccc(Cl)c2)o1. The van der Waals surface area contributed by atoms with E-state index in [9.17, 15) is 0 Å². The molecule has 0 spiro atoms. The van der Waals surface area contributed by atoms with Gasteiger partial charge in [0, 0.05) is 22.8 Å². The van der Waals surface area contributed by atoms with Gasteiger partial charge in [0.25, 0.3) is 5.22 Å². The number of halogens is 1. The zero-order valence-corrected chi connectivity index (χ0v) is 10.3. The van der Waals surface area contributed by atoms with Crippen LogP contribution in [0, 0.1) is 11.3 Å². The molecule has 0 aliphatic rings. The number of nitriles is 1. The van der Waals surface area contributed by atoms with Gasteiger partial charge in [-0.15, -0.1) is 10.2 Å². The van der Waals surface area contributed by atoms with Crippen molar-refractivity contribution in [2.75, 3.05) is 5.75 Å². The summed E-state index contributed by atoms with van der Waals surface area (Å²) < 4.78 is 5.44. The van der Waals surface area contributed by atoms with Gasteiger partial charge in [-0.2, -0.15) is 5.26 Å². The predicted octanol–water partition coefficient (Wildman–Crippen LogP) is 3.40. The van der Waals surface area contributed by atoms with Gasteiger partial charge in [0.05, 0.1) is 6.07 Å². The van der Waals surface area contributed by atoms with Crippen molar-refractivity contribution in [3.8, 4) is 17.5 Å². The molecule has 0 aliphatic carbocycles. The standard InChI is InChI=1S/C11H8ClN3OS/c12-9-4-1-3-8(7-9)10-14-15-11(16-10)17-6-2-5-13/h1,3-4,7H,2,6H2. The van der Waals surface area contributed by atoms with Crippen molar-refractivity contribution in [1.82, 2.24) is 10.2 Å². The van der Waals surface area contributed by atoms with Crippen LogP contribution < -0.4 is 0 Å². The van der Waals surface area contributed by atoms with Crippen molar-refractivity contribution < 1.29 is 4.42 Å². The lowest BCUT2D eigenvalue weighted by Crippen LogP contribution is -1.77. The quantitative estimate of drug-likeness (QED) is 0.626. The van der Waals surface area contributed by atoms with E-state index in [4.69, 9.17) is 21.3 Å². The molecule has 2 rings (SSSR count). The van der Waals surface area contributed by atoms with Crippen LogP contribution in [0.5, 0.6) is 0 Å². The Kier molecular flexibility index (Phi) is 4.02. The number of benzene rings is 1. The second-order valence-corrected chi connectivity index (χ2v) is 4.62. The average molecular weight is 266 g/mol. The highest BCUT2D eigenvalue weighted by atomic mass is 35.5. The zero-order valence-electron chi connectivity index (χ0n) is 8.76. The summed E-state index contributed by atoms with van der Waals surface area (Å²) in [5.74, 6) is 1.08. The van der Waals surface area contributed by atoms with Crippen LogP contribution in [0.15, 0.2) is 33.9 Å². The molecule has 0 unspecified atom stereocenters. The molecular formula is C11H8ClN3OS. The molecule has 86 valence electrons. The Bertz CT molecular complexity index is 550. The summed E-state index contributed by atoms with van der Waals surface area (Å²) in [6.45, 7) is 0. The van der Waals surface area contributed by atoms with E-state index in [1.165, 1.54) is 11.8 Å². The third-order valence-electron chi connectivity index (χ3n) is 1.92. The normalized spacial score (nSPS) is 10.1. The molecule has 6 heteroatoms. The molecule has 0 bridgehead atoms. The Morgan fingerprint density at radius 3 is 3.06 bits per heavy atom. The maximum atomic E-state index is 8.41. The number of aromatic nitrogens is 2. The first-order valence-corrected chi connectivity index (χ1v) is 6.25. The molecule has 0 radical (unpaired) electrons. The predicted molar refractivity (Wildman–Crippen MR) is 65.7 cm³/mol. The Labute approximate surface area is 108 Å². The third kappa shape index (κ3) is 3.22. The number of nitrogens with zero attached hydrogens (tertiary/aromatic N) is 3. The van der Waals surface area contributed by atoms with E-state index in [2.05, 4.69) is 16.3 Å². The lowest BCUT2D eigenvalue weighted by atomic mass is 10.2. The fraction of sp³-hybridized carbons (Fsp3) is 0.182. The van der Waals surface area contributed by atoms with Gasteiger partial charge < -0.3 is 4.42 Å². The Morgan fingerprint density at radius 2 is 2.29 bits per heavy atom. The van der Waals surface area contributed by atoms with E-state index in [-0.39, 0.29) is 0 Å². The number of hydrogen-bond acceptors (Lipinski definition) is 5. The third-order valence-corrected chi connectivity index (χ3v) is 2.97. The minimum Gasteiger partial charge on any atom is -0.411 e. The molecule has 0 N–H and O–H groups in total. The van der Waals surface area contributed by atoms with Gasteiger partial charge >= 0.3 is 0 Å². The molecule has 17 heavy (non-hydrogen) atoms. The van der Waals surface area contributed by atoms with Crippen molar-refractivity contribution in [3.63, 3.8) is 0 Å². The summed E-state index contributed by atoms with van der Waals surface area (Å²) in [5, 5.41) is 17.3. The lowest BCUT2D eigenvalue weighted by molar-refractivity contribution is 0.466. The molecule has 1 heterocycles. The molecule has 0 saturated carbocycles. The van der Waals surface area contributed by atoms with E-state index in [1.54, 1.807) is 12.1 Å². The highest BCUT2D eigenvalue weighted by molar-refractivity contribution is 7.99. The van der Waals surface area contributed by atoms with Gasteiger partial charge in [-0.05, 0) is 18.2 Å². The first-order valence-electron chi connectivity index (χ1n) is 4.89. The molecule has 0 fully saturated rings. The van der Waals surface area contributed by atoms with Crippen molar-refractivity contribution in [2.45, 2.75) is 11.6 Å². The van der Waals surface area contributed by atoms with Crippen molar-refractivity contribution in [2.24, 2.45) is 0 Å². The lowest BCUT2D eigenvalue weighted by Gasteiger charge is -1.94. The number of thioether (sulfide) groups is 1. The molecule has 0 amide bonds. The van der Waals surface area contributed by atoms with Crippen LogP contribution in [0.2, 0.25) is 5.02 Å². The van der Waals surface area contributed by atoms with E-state index < -0.39 is 0 Å². The Hall–Kier alpha value is -1.51. The van der Waals surface area contributed by atoms with Crippen LogP contribution in [-0.4, -0.2) is 16.0 Å². The summed E-state index contributed by atoms with van der Waals surface area (Å²) in [5.41, 5.74) is 0.789. The van der Waals surface area contributed by atoms with Crippen molar-refractivity contribution in [3.05, 3.63) is 29.3 Å². The monoisotopic (exact) mass is 265 g/mol. The summed E-state index contributed by atoms with van der Waals surface area (Å²) in [6, 6.07) is 9.27. The molecule has 0 aliphatic heterocycles. The zero-order chi connectivity index (χ0) is 12.1. The summed E-state index contributed by atoms with van der Waals surface area (Å²) >= 11 is 7.24. The van der Waals surface area contributed by atoms with E-state index in [1.807, 2.05) is 12.1 Å². The Balaban J connectivity index is 2.10. The summed E-state index contributed by atoms with van der Waals surface area (Å²) in [4.78, 5) is 0. The first-order chi connectivity index (χ1) is 8.29. The molecular weight excluding hydrogens is 258 g/mol. The largest absolute Gasteiger partial charge is 0.411 e. The van der Waals surface area contributed by atoms with Crippen LogP contribution in [0.3, 0.4) is 0 Å². The second-order valence-electron chi connectivity index (χ2n) is 3.14. The fourth-order valence-corrected chi connectivity index (χ4v) is 1.98. The smallest absolute Gasteiger partial charge is 0.276 e. The molecule has 0 saturated heterocycles. The van der Waals surface area contributed by atoms with Crippen molar-refractivity contribution in [1.29, 1.82) is 5.26 Å². The highest BCUT2D eigenvalue weighted by Crippen LogP contribution is 2.25. The second kappa shape index (κ2) is 5.71. The van der Waals surface area contributed by atoms with Gasteiger partial charge in [-0.1, -0.05) is 29.4 Å². The molecule has 0 atom stereocenters. The topological polar surface area (TPSA) is 62.7 Å². The number of hydrogen-bond donors (Lipinski definition) is 0. The van der Waals surface area contributed by atoms with Crippen LogP contribution in [-0.2, 0) is 0 Å². The van der Waals surface area contributed by atoms with Crippen LogP contribution in [0.4, 0.5) is 0 Å². The van der Waals surface area contributed by atoms with E-state index in [0.717, 1.165) is 5.56 Å². The maximum absolute atomic E-state index is 8.41. The van der Waals surface area contributed by atoms with Gasteiger partial charge in [0.2, 0.25) is 5.89 Å². The molecule has 4 nitrogen and oxygen atoms in total. The molecule has 1 aromatic carbocycles. The first kappa shape index (κ1) is 12.0. The van der Waals surface area contributed by atoms with E-state index in [0.29, 0.717) is 28.3 Å². The van der Waals surface area contributed by atoms with Crippen molar-refractivity contribution >= 4 is 23.4 Å². The summed E-state index contributed by atoms with van der Waals surface area (Å²) in [6.07, 6.45) is 0.458. The van der Waals surface area contributed by atoms with Gasteiger partial charge in [0.1, 0.15) is 0 Å². The minimum atomic E-state index is 0.437. The number of rotatable bonds is 4. The summed E-state index contributed by atoms with van der Waals surface area (Å²) in [7, 11) is 0. The maximum Gasteiger partial charge on any atom is 0.276 e.